The van der Waals surface area contributed by atoms with Gasteiger partial charge in [-0.2, -0.15) is 0 Å². The third-order valence-corrected chi connectivity index (χ3v) is 3.81. The fraction of sp³-hybridized carbons (Fsp3) is 0.0769. The van der Waals surface area contributed by atoms with Crippen molar-refractivity contribution in [2.24, 2.45) is 0 Å². The van der Waals surface area contributed by atoms with Gasteiger partial charge in [-0.15, -0.1) is 11.3 Å². The summed E-state index contributed by atoms with van der Waals surface area (Å²) in [6.45, 7) is -0.158. The maximum absolute atomic E-state index is 11.9. The molecule has 0 saturated carbocycles. The molecular weight excluding hydrogens is 307 g/mol. The molecule has 2 rings (SSSR count). The van der Waals surface area contributed by atoms with Gasteiger partial charge in [-0.3, -0.25) is 9.59 Å². The van der Waals surface area contributed by atoms with Gasteiger partial charge in [0.05, 0.1) is 9.90 Å². The highest BCUT2D eigenvalue weighted by Gasteiger charge is 2.14. The standard InChI is InChI=1S/C13H8Cl2O3S/c14-12-5-10(13(15)19-12)11(17)7-18-9-3-1-2-8(4-9)6-16/h1-6H,7H2. The van der Waals surface area contributed by atoms with Gasteiger partial charge < -0.3 is 4.74 Å². The predicted molar refractivity (Wildman–Crippen MR) is 76.0 cm³/mol. The zero-order valence-corrected chi connectivity index (χ0v) is 11.9. The molecule has 0 aliphatic heterocycles. The van der Waals surface area contributed by atoms with Gasteiger partial charge >= 0.3 is 0 Å². The lowest BCUT2D eigenvalue weighted by atomic mass is 10.2. The Balaban J connectivity index is 2.04. The fourth-order valence-corrected chi connectivity index (χ4v) is 2.93. The average molecular weight is 315 g/mol. The zero-order valence-electron chi connectivity index (χ0n) is 9.56. The van der Waals surface area contributed by atoms with Crippen LogP contribution in [-0.2, 0) is 0 Å². The first kappa shape index (κ1) is 14.1. The van der Waals surface area contributed by atoms with E-state index in [9.17, 15) is 9.59 Å². The summed E-state index contributed by atoms with van der Waals surface area (Å²) in [6.07, 6.45) is 0.712. The van der Waals surface area contributed by atoms with Crippen LogP contribution in [0.3, 0.4) is 0 Å². The summed E-state index contributed by atoms with van der Waals surface area (Å²) in [5.74, 6) is 0.194. The zero-order chi connectivity index (χ0) is 13.8. The van der Waals surface area contributed by atoms with Crippen LogP contribution in [0.15, 0.2) is 30.3 Å². The van der Waals surface area contributed by atoms with E-state index < -0.39 is 0 Å². The van der Waals surface area contributed by atoms with Gasteiger partial charge in [0.15, 0.2) is 6.61 Å². The molecule has 0 aliphatic carbocycles. The first-order chi connectivity index (χ1) is 9.10. The lowest BCUT2D eigenvalue weighted by Crippen LogP contribution is -2.11. The van der Waals surface area contributed by atoms with Crippen LogP contribution >= 0.6 is 34.5 Å². The van der Waals surface area contributed by atoms with Gasteiger partial charge in [-0.05, 0) is 18.2 Å². The Labute approximate surface area is 123 Å². The van der Waals surface area contributed by atoms with Crippen LogP contribution in [0.5, 0.6) is 5.75 Å². The molecule has 2 aromatic rings. The summed E-state index contributed by atoms with van der Waals surface area (Å²) in [6, 6.07) is 8.07. The van der Waals surface area contributed by atoms with Crippen molar-refractivity contribution in [3.63, 3.8) is 0 Å². The number of halogens is 2. The highest BCUT2D eigenvalue weighted by atomic mass is 35.5. The van der Waals surface area contributed by atoms with Gasteiger partial charge in [0.2, 0.25) is 5.78 Å². The highest BCUT2D eigenvalue weighted by molar-refractivity contribution is 7.20. The van der Waals surface area contributed by atoms with E-state index in [1.165, 1.54) is 6.07 Å². The predicted octanol–water partition coefficient (Wildman–Crippen LogP) is 4.13. The van der Waals surface area contributed by atoms with Crippen molar-refractivity contribution in [1.82, 2.24) is 0 Å². The van der Waals surface area contributed by atoms with E-state index in [1.54, 1.807) is 24.3 Å². The summed E-state index contributed by atoms with van der Waals surface area (Å²) >= 11 is 12.8. The topological polar surface area (TPSA) is 43.4 Å². The maximum atomic E-state index is 11.9. The number of ketones is 1. The van der Waals surface area contributed by atoms with Crippen LogP contribution in [0.25, 0.3) is 0 Å². The van der Waals surface area contributed by atoms with Crippen LogP contribution in [0.2, 0.25) is 8.67 Å². The second-order valence-electron chi connectivity index (χ2n) is 3.64. The van der Waals surface area contributed by atoms with E-state index >= 15 is 0 Å². The van der Waals surface area contributed by atoms with Crippen molar-refractivity contribution < 1.29 is 14.3 Å². The number of hydrogen-bond acceptors (Lipinski definition) is 4. The SMILES string of the molecule is O=Cc1cccc(OCC(=O)c2cc(Cl)sc2Cl)c1. The molecule has 0 radical (unpaired) electrons. The molecule has 0 bridgehead atoms. The van der Waals surface area contributed by atoms with Gasteiger partial charge in [0.1, 0.15) is 16.4 Å². The van der Waals surface area contributed by atoms with E-state index in [0.29, 0.717) is 31.8 Å². The fourth-order valence-electron chi connectivity index (χ4n) is 1.43. The van der Waals surface area contributed by atoms with Crippen LogP contribution in [-0.4, -0.2) is 18.7 Å². The highest BCUT2D eigenvalue weighted by Crippen LogP contribution is 2.31. The monoisotopic (exact) mass is 314 g/mol. The van der Waals surface area contributed by atoms with Crippen molar-refractivity contribution in [2.75, 3.05) is 6.61 Å². The third-order valence-electron chi connectivity index (χ3n) is 2.32. The number of ether oxygens (including phenoxy) is 1. The summed E-state index contributed by atoms with van der Waals surface area (Å²) in [7, 11) is 0. The minimum Gasteiger partial charge on any atom is -0.485 e. The Morgan fingerprint density at radius 1 is 1.32 bits per heavy atom. The van der Waals surface area contributed by atoms with E-state index in [0.717, 1.165) is 11.3 Å². The molecule has 1 heterocycles. The van der Waals surface area contributed by atoms with E-state index in [2.05, 4.69) is 0 Å². The Morgan fingerprint density at radius 3 is 2.74 bits per heavy atom. The van der Waals surface area contributed by atoms with Crippen molar-refractivity contribution in [3.05, 3.63) is 50.1 Å². The normalized spacial score (nSPS) is 10.2. The summed E-state index contributed by atoms with van der Waals surface area (Å²) in [5.41, 5.74) is 0.838. The number of aldehydes is 1. The molecule has 0 N–H and O–H groups in total. The molecule has 0 amide bonds. The number of thiophene rings is 1. The van der Waals surface area contributed by atoms with E-state index in [4.69, 9.17) is 27.9 Å². The Kier molecular flexibility index (Phi) is 4.58. The second-order valence-corrected chi connectivity index (χ2v) is 5.93. The molecule has 98 valence electrons. The van der Waals surface area contributed by atoms with Gasteiger partial charge in [0, 0.05) is 5.56 Å². The molecule has 1 aromatic carbocycles. The largest absolute Gasteiger partial charge is 0.485 e. The Hall–Kier alpha value is -1.36. The van der Waals surface area contributed by atoms with E-state index in [1.807, 2.05) is 0 Å². The minimum absolute atomic E-state index is 0.158. The number of benzene rings is 1. The molecule has 3 nitrogen and oxygen atoms in total. The first-order valence-electron chi connectivity index (χ1n) is 5.26. The number of carbonyl (C=O) groups excluding carboxylic acids is 2. The van der Waals surface area contributed by atoms with Crippen molar-refractivity contribution in [1.29, 1.82) is 0 Å². The number of Topliss-reactive ketones (excluding diaryl/α,β-unsaturated/α-hetero) is 1. The smallest absolute Gasteiger partial charge is 0.202 e. The number of hydrogen-bond donors (Lipinski definition) is 0. The Bertz CT molecular complexity index is 622. The van der Waals surface area contributed by atoms with Gasteiger partial charge in [-0.25, -0.2) is 0 Å². The molecule has 0 unspecified atom stereocenters. The first-order valence-corrected chi connectivity index (χ1v) is 6.83. The van der Waals surface area contributed by atoms with Crippen LogP contribution in [0.4, 0.5) is 0 Å². The van der Waals surface area contributed by atoms with Crippen molar-refractivity contribution in [3.8, 4) is 5.75 Å². The maximum Gasteiger partial charge on any atom is 0.202 e. The summed E-state index contributed by atoms with van der Waals surface area (Å²) < 4.78 is 6.13. The third kappa shape index (κ3) is 3.56. The van der Waals surface area contributed by atoms with Crippen LogP contribution < -0.4 is 4.74 Å². The summed E-state index contributed by atoms with van der Waals surface area (Å²) in [4.78, 5) is 22.5. The minimum atomic E-state index is -0.260. The van der Waals surface area contributed by atoms with Crippen LogP contribution in [0.1, 0.15) is 20.7 Å². The Morgan fingerprint density at radius 2 is 2.11 bits per heavy atom. The molecule has 0 spiro atoms. The average Bonchev–Trinajstić information content (AvgIpc) is 2.75. The summed E-state index contributed by atoms with van der Waals surface area (Å²) in [5, 5.41) is 0. The lowest BCUT2D eigenvalue weighted by Gasteiger charge is -2.05. The van der Waals surface area contributed by atoms with E-state index in [-0.39, 0.29) is 12.4 Å². The molecule has 0 atom stereocenters. The van der Waals surface area contributed by atoms with Gasteiger partial charge in [-0.1, -0.05) is 35.3 Å². The number of carbonyl (C=O) groups is 2. The quantitative estimate of drug-likeness (QED) is 0.615. The van der Waals surface area contributed by atoms with Crippen molar-refractivity contribution in [2.45, 2.75) is 0 Å². The molecule has 0 saturated heterocycles. The molecule has 19 heavy (non-hydrogen) atoms. The molecular formula is C13H8Cl2O3S. The lowest BCUT2D eigenvalue weighted by molar-refractivity contribution is 0.0922. The van der Waals surface area contributed by atoms with Gasteiger partial charge in [0.25, 0.3) is 0 Å². The molecule has 1 aromatic heterocycles. The number of rotatable bonds is 5. The molecule has 6 heteroatoms. The molecule has 0 aliphatic rings. The second kappa shape index (κ2) is 6.19. The van der Waals surface area contributed by atoms with Crippen molar-refractivity contribution >= 4 is 46.6 Å². The van der Waals surface area contributed by atoms with Crippen LogP contribution in [0, 0.1) is 0 Å². The molecule has 0 fully saturated rings.